The maximum absolute atomic E-state index is 11.9. The lowest BCUT2D eigenvalue weighted by Gasteiger charge is -2.27. The van der Waals surface area contributed by atoms with Gasteiger partial charge in [-0.25, -0.2) is 9.78 Å². The molecule has 24 heavy (non-hydrogen) atoms. The van der Waals surface area contributed by atoms with Gasteiger partial charge in [0.25, 0.3) is 0 Å². The Morgan fingerprint density at radius 2 is 2.08 bits per heavy atom. The van der Waals surface area contributed by atoms with Crippen molar-refractivity contribution >= 4 is 6.09 Å². The number of aromatic amines is 1. The molecule has 0 bridgehead atoms. The van der Waals surface area contributed by atoms with Crippen LogP contribution in [0.25, 0.3) is 0 Å². The molecule has 1 amide bonds. The standard InChI is InChI=1S/C18H32N4O2/c1-17(2,3)15-14(20-12-21-15)11-22-9-7-8-13(22)10-19-16(23)24-18(4,5)6/h12-13H,7-11H2,1-6H3,(H,19,23)(H,20,21)/t13-/m0/s1. The van der Waals surface area contributed by atoms with Crippen molar-refractivity contribution in [3.8, 4) is 0 Å². The maximum atomic E-state index is 11.9. The zero-order chi connectivity index (χ0) is 18.0. The first kappa shape index (κ1) is 18.8. The van der Waals surface area contributed by atoms with Crippen LogP contribution in [-0.4, -0.2) is 45.7 Å². The van der Waals surface area contributed by atoms with Gasteiger partial charge in [-0.15, -0.1) is 0 Å². The van der Waals surface area contributed by atoms with E-state index in [0.717, 1.165) is 31.6 Å². The molecule has 136 valence electrons. The summed E-state index contributed by atoms with van der Waals surface area (Å²) >= 11 is 0. The van der Waals surface area contributed by atoms with Crippen LogP contribution in [0, 0.1) is 0 Å². The summed E-state index contributed by atoms with van der Waals surface area (Å²) < 4.78 is 5.32. The predicted octanol–water partition coefficient (Wildman–Crippen LogP) is 3.20. The van der Waals surface area contributed by atoms with Crippen molar-refractivity contribution in [2.24, 2.45) is 0 Å². The van der Waals surface area contributed by atoms with Gasteiger partial charge < -0.3 is 15.0 Å². The molecule has 0 aromatic carbocycles. The molecule has 1 saturated heterocycles. The van der Waals surface area contributed by atoms with E-state index in [4.69, 9.17) is 4.74 Å². The number of alkyl carbamates (subject to hydrolysis) is 1. The Kier molecular flexibility index (Phi) is 5.58. The van der Waals surface area contributed by atoms with Crippen LogP contribution in [-0.2, 0) is 16.7 Å². The maximum Gasteiger partial charge on any atom is 0.407 e. The molecule has 1 aliphatic heterocycles. The number of hydrogen-bond acceptors (Lipinski definition) is 4. The number of carbonyl (C=O) groups is 1. The lowest BCUT2D eigenvalue weighted by Crippen LogP contribution is -2.42. The van der Waals surface area contributed by atoms with E-state index in [9.17, 15) is 4.79 Å². The monoisotopic (exact) mass is 336 g/mol. The molecule has 1 aliphatic rings. The molecule has 1 fully saturated rings. The second-order valence-corrected chi connectivity index (χ2v) is 8.63. The molecule has 1 atom stereocenters. The van der Waals surface area contributed by atoms with Crippen molar-refractivity contribution in [1.82, 2.24) is 20.2 Å². The summed E-state index contributed by atoms with van der Waals surface area (Å²) in [5, 5.41) is 2.91. The number of imidazole rings is 1. The van der Waals surface area contributed by atoms with E-state index in [2.05, 4.69) is 41.0 Å². The molecule has 6 nitrogen and oxygen atoms in total. The summed E-state index contributed by atoms with van der Waals surface area (Å²) in [6.07, 6.45) is 3.68. The molecule has 0 aliphatic carbocycles. The molecule has 0 saturated carbocycles. The number of ether oxygens (including phenoxy) is 1. The van der Waals surface area contributed by atoms with Crippen LogP contribution in [0.3, 0.4) is 0 Å². The average molecular weight is 336 g/mol. The molecule has 0 unspecified atom stereocenters. The quantitative estimate of drug-likeness (QED) is 0.886. The second-order valence-electron chi connectivity index (χ2n) is 8.63. The van der Waals surface area contributed by atoms with Gasteiger partial charge in [-0.3, -0.25) is 4.90 Å². The Bertz CT molecular complexity index is 554. The number of rotatable bonds is 4. The van der Waals surface area contributed by atoms with Gasteiger partial charge >= 0.3 is 6.09 Å². The van der Waals surface area contributed by atoms with Gasteiger partial charge in [-0.1, -0.05) is 20.8 Å². The largest absolute Gasteiger partial charge is 0.444 e. The van der Waals surface area contributed by atoms with Crippen LogP contribution in [0.15, 0.2) is 6.33 Å². The van der Waals surface area contributed by atoms with E-state index < -0.39 is 5.60 Å². The van der Waals surface area contributed by atoms with E-state index in [1.54, 1.807) is 6.33 Å². The van der Waals surface area contributed by atoms with Gasteiger partial charge in [0.15, 0.2) is 0 Å². The van der Waals surface area contributed by atoms with Crippen molar-refractivity contribution in [2.75, 3.05) is 13.1 Å². The van der Waals surface area contributed by atoms with E-state index in [-0.39, 0.29) is 11.5 Å². The van der Waals surface area contributed by atoms with Crippen molar-refractivity contribution < 1.29 is 9.53 Å². The number of likely N-dealkylation sites (tertiary alicyclic amines) is 1. The van der Waals surface area contributed by atoms with Crippen LogP contribution >= 0.6 is 0 Å². The zero-order valence-corrected chi connectivity index (χ0v) is 15.9. The first-order chi connectivity index (χ1) is 11.1. The molecule has 0 radical (unpaired) electrons. The second kappa shape index (κ2) is 7.13. The van der Waals surface area contributed by atoms with Crippen LogP contribution in [0.2, 0.25) is 0 Å². The fourth-order valence-corrected chi connectivity index (χ4v) is 3.14. The third-order valence-corrected chi connectivity index (χ3v) is 4.17. The lowest BCUT2D eigenvalue weighted by molar-refractivity contribution is 0.0512. The SMILES string of the molecule is CC(C)(C)OC(=O)NC[C@@H]1CCCN1Cc1[nH]cnc1C(C)(C)C. The van der Waals surface area contributed by atoms with Crippen LogP contribution in [0.5, 0.6) is 0 Å². The number of nitrogens with one attached hydrogen (secondary N) is 2. The van der Waals surface area contributed by atoms with Gasteiger partial charge in [0.05, 0.1) is 17.7 Å². The fourth-order valence-electron chi connectivity index (χ4n) is 3.14. The third kappa shape index (κ3) is 5.23. The third-order valence-electron chi connectivity index (χ3n) is 4.17. The van der Waals surface area contributed by atoms with Crippen LogP contribution < -0.4 is 5.32 Å². The summed E-state index contributed by atoms with van der Waals surface area (Å²) in [6.45, 7) is 14.7. The molecule has 0 spiro atoms. The minimum absolute atomic E-state index is 0.0271. The summed E-state index contributed by atoms with van der Waals surface area (Å²) in [4.78, 5) is 22.1. The normalized spacial score (nSPS) is 19.5. The summed E-state index contributed by atoms with van der Waals surface area (Å²) in [6, 6.07) is 0.341. The van der Waals surface area contributed by atoms with Crippen molar-refractivity contribution in [1.29, 1.82) is 0 Å². The Hall–Kier alpha value is -1.56. The Balaban J connectivity index is 1.92. The molecule has 2 rings (SSSR count). The summed E-state index contributed by atoms with van der Waals surface area (Å²) in [5.74, 6) is 0. The smallest absolute Gasteiger partial charge is 0.407 e. The Labute approximate surface area is 145 Å². The minimum atomic E-state index is -0.461. The molecular weight excluding hydrogens is 304 g/mol. The lowest BCUT2D eigenvalue weighted by atomic mass is 9.90. The van der Waals surface area contributed by atoms with E-state index >= 15 is 0 Å². The van der Waals surface area contributed by atoms with Crippen molar-refractivity contribution in [3.05, 3.63) is 17.7 Å². The fraction of sp³-hybridized carbons (Fsp3) is 0.778. The van der Waals surface area contributed by atoms with Gasteiger partial charge in [-0.2, -0.15) is 0 Å². The average Bonchev–Trinajstić information content (AvgIpc) is 3.03. The van der Waals surface area contributed by atoms with Gasteiger partial charge in [-0.05, 0) is 40.2 Å². The van der Waals surface area contributed by atoms with Gasteiger partial charge in [0, 0.05) is 24.5 Å². The first-order valence-electron chi connectivity index (χ1n) is 8.80. The van der Waals surface area contributed by atoms with Gasteiger partial charge in [0.1, 0.15) is 5.60 Å². The number of carbonyl (C=O) groups excluding carboxylic acids is 1. The summed E-state index contributed by atoms with van der Waals surface area (Å²) in [5.41, 5.74) is 1.86. The highest BCUT2D eigenvalue weighted by Gasteiger charge is 2.28. The Morgan fingerprint density at radius 1 is 1.38 bits per heavy atom. The van der Waals surface area contributed by atoms with Crippen molar-refractivity contribution in [2.45, 2.75) is 78.0 Å². The molecule has 6 heteroatoms. The molecule has 1 aromatic rings. The summed E-state index contributed by atoms with van der Waals surface area (Å²) in [7, 11) is 0. The van der Waals surface area contributed by atoms with Crippen molar-refractivity contribution in [3.63, 3.8) is 0 Å². The van der Waals surface area contributed by atoms with Gasteiger partial charge in [0.2, 0.25) is 0 Å². The number of nitrogens with zero attached hydrogens (tertiary/aromatic N) is 2. The van der Waals surface area contributed by atoms with E-state index in [1.165, 1.54) is 5.69 Å². The topological polar surface area (TPSA) is 70.2 Å². The molecule has 2 N–H and O–H groups in total. The number of H-pyrrole nitrogens is 1. The molecule has 2 heterocycles. The minimum Gasteiger partial charge on any atom is -0.444 e. The highest BCUT2D eigenvalue weighted by molar-refractivity contribution is 5.67. The zero-order valence-electron chi connectivity index (χ0n) is 15.9. The first-order valence-corrected chi connectivity index (χ1v) is 8.80. The molecular formula is C18H32N4O2. The Morgan fingerprint density at radius 3 is 2.71 bits per heavy atom. The number of amides is 1. The van der Waals surface area contributed by atoms with Crippen LogP contribution in [0.4, 0.5) is 4.79 Å². The van der Waals surface area contributed by atoms with E-state index in [1.807, 2.05) is 20.8 Å². The molecule has 1 aromatic heterocycles. The van der Waals surface area contributed by atoms with Crippen LogP contribution in [0.1, 0.15) is 65.8 Å². The van der Waals surface area contributed by atoms with E-state index in [0.29, 0.717) is 12.6 Å². The highest BCUT2D eigenvalue weighted by Crippen LogP contribution is 2.26. The predicted molar refractivity (Wildman–Crippen MR) is 95.0 cm³/mol. The number of hydrogen-bond donors (Lipinski definition) is 2. The highest BCUT2D eigenvalue weighted by atomic mass is 16.6. The number of aromatic nitrogens is 2.